The van der Waals surface area contributed by atoms with Crippen LogP contribution in [0.25, 0.3) is 0 Å². The Morgan fingerprint density at radius 2 is 1.69 bits per heavy atom. The maximum Gasteiger partial charge on any atom is 0.254 e. The number of hydrogen-bond acceptors (Lipinski definition) is 5. The standard InChI is InChI=1S/C19H30N2O4.ClH/c1-5-23-16-10-15(11-17(24-6-2)18(16)25-7-3)19(22)21-9-8-14(13-21)12-20-4;/h10-11,14,20H,5-9,12-13H2,1-4H3;1H. The first-order valence-corrected chi connectivity index (χ1v) is 9.14. The summed E-state index contributed by atoms with van der Waals surface area (Å²) in [5, 5.41) is 3.19. The van der Waals surface area contributed by atoms with Crippen LogP contribution in [0.2, 0.25) is 0 Å². The van der Waals surface area contributed by atoms with E-state index in [1.54, 1.807) is 12.1 Å². The van der Waals surface area contributed by atoms with Crippen LogP contribution in [0.3, 0.4) is 0 Å². The van der Waals surface area contributed by atoms with Crippen molar-refractivity contribution in [2.75, 3.05) is 46.5 Å². The van der Waals surface area contributed by atoms with Crippen LogP contribution in [-0.4, -0.2) is 57.3 Å². The lowest BCUT2D eigenvalue weighted by Gasteiger charge is -2.20. The predicted octanol–water partition coefficient (Wildman–Crippen LogP) is 2.99. The first-order chi connectivity index (χ1) is 12.1. The zero-order valence-electron chi connectivity index (χ0n) is 16.2. The van der Waals surface area contributed by atoms with Crippen LogP contribution < -0.4 is 19.5 Å². The lowest BCUT2D eigenvalue weighted by Crippen LogP contribution is -2.30. The van der Waals surface area contributed by atoms with Gasteiger partial charge in [-0.25, -0.2) is 0 Å². The van der Waals surface area contributed by atoms with Gasteiger partial charge in [0.15, 0.2) is 11.5 Å². The number of ether oxygens (including phenoxy) is 3. The van der Waals surface area contributed by atoms with Gasteiger partial charge in [0.1, 0.15) is 0 Å². The molecule has 0 radical (unpaired) electrons. The number of likely N-dealkylation sites (tertiary alicyclic amines) is 1. The van der Waals surface area contributed by atoms with Gasteiger partial charge >= 0.3 is 0 Å². The van der Waals surface area contributed by atoms with Crippen molar-refractivity contribution in [2.45, 2.75) is 27.2 Å². The zero-order chi connectivity index (χ0) is 18.2. The molecule has 2 rings (SSSR count). The van der Waals surface area contributed by atoms with Crippen LogP contribution in [-0.2, 0) is 0 Å². The van der Waals surface area contributed by atoms with Crippen LogP contribution in [0, 0.1) is 5.92 Å². The second-order valence-electron chi connectivity index (χ2n) is 6.06. The number of rotatable bonds is 9. The van der Waals surface area contributed by atoms with Crippen LogP contribution in [0.5, 0.6) is 17.2 Å². The third-order valence-corrected chi connectivity index (χ3v) is 4.22. The molecule has 1 aromatic carbocycles. The Morgan fingerprint density at radius 3 is 2.19 bits per heavy atom. The quantitative estimate of drug-likeness (QED) is 0.707. The fraction of sp³-hybridized carbons (Fsp3) is 0.632. The van der Waals surface area contributed by atoms with Gasteiger partial charge in [0.25, 0.3) is 5.91 Å². The molecule has 0 aromatic heterocycles. The Hall–Kier alpha value is -1.66. The molecule has 1 aliphatic heterocycles. The minimum Gasteiger partial charge on any atom is -0.490 e. The van der Waals surface area contributed by atoms with Gasteiger partial charge in [-0.2, -0.15) is 0 Å². The van der Waals surface area contributed by atoms with Gasteiger partial charge in [-0.1, -0.05) is 0 Å². The Labute approximate surface area is 162 Å². The molecule has 1 amide bonds. The number of benzene rings is 1. The topological polar surface area (TPSA) is 60.0 Å². The summed E-state index contributed by atoms with van der Waals surface area (Å²) in [7, 11) is 1.94. The van der Waals surface area contributed by atoms with Gasteiger partial charge in [-0.05, 0) is 58.8 Å². The van der Waals surface area contributed by atoms with Crippen molar-refractivity contribution in [3.05, 3.63) is 17.7 Å². The van der Waals surface area contributed by atoms with Crippen LogP contribution in [0.15, 0.2) is 12.1 Å². The maximum atomic E-state index is 12.9. The Bertz CT molecular complexity index is 556. The first kappa shape index (κ1) is 22.4. The third-order valence-electron chi connectivity index (χ3n) is 4.22. The van der Waals surface area contributed by atoms with Gasteiger partial charge in [0, 0.05) is 18.7 Å². The average Bonchev–Trinajstić information content (AvgIpc) is 3.06. The van der Waals surface area contributed by atoms with E-state index in [2.05, 4.69) is 5.32 Å². The number of halogens is 1. The van der Waals surface area contributed by atoms with E-state index in [9.17, 15) is 4.79 Å². The summed E-state index contributed by atoms with van der Waals surface area (Å²) < 4.78 is 17.1. The molecule has 1 unspecified atom stereocenters. The summed E-state index contributed by atoms with van der Waals surface area (Å²) in [4.78, 5) is 14.8. The summed E-state index contributed by atoms with van der Waals surface area (Å²) in [6.45, 7) is 9.73. The lowest BCUT2D eigenvalue weighted by atomic mass is 10.1. The number of carbonyl (C=O) groups is 1. The van der Waals surface area contributed by atoms with Gasteiger partial charge in [0.2, 0.25) is 5.75 Å². The predicted molar refractivity (Wildman–Crippen MR) is 105 cm³/mol. The molecule has 1 aliphatic rings. The lowest BCUT2D eigenvalue weighted by molar-refractivity contribution is 0.0786. The van der Waals surface area contributed by atoms with Crippen molar-refractivity contribution in [1.29, 1.82) is 0 Å². The van der Waals surface area contributed by atoms with Crippen molar-refractivity contribution in [3.63, 3.8) is 0 Å². The summed E-state index contributed by atoms with van der Waals surface area (Å²) in [6, 6.07) is 3.54. The summed E-state index contributed by atoms with van der Waals surface area (Å²) >= 11 is 0. The fourth-order valence-electron chi connectivity index (χ4n) is 3.17. The normalized spacial score (nSPS) is 16.2. The number of nitrogens with one attached hydrogen (secondary N) is 1. The molecule has 1 heterocycles. The highest BCUT2D eigenvalue weighted by atomic mass is 35.5. The second-order valence-corrected chi connectivity index (χ2v) is 6.06. The highest BCUT2D eigenvalue weighted by Gasteiger charge is 2.28. The van der Waals surface area contributed by atoms with E-state index in [4.69, 9.17) is 14.2 Å². The monoisotopic (exact) mass is 386 g/mol. The minimum absolute atomic E-state index is 0. The number of hydrogen-bond donors (Lipinski definition) is 1. The van der Waals surface area contributed by atoms with Crippen molar-refractivity contribution >= 4 is 18.3 Å². The molecular weight excluding hydrogens is 356 g/mol. The summed E-state index contributed by atoms with van der Waals surface area (Å²) in [6.07, 6.45) is 1.03. The van der Waals surface area contributed by atoms with Gasteiger partial charge in [-0.15, -0.1) is 12.4 Å². The van der Waals surface area contributed by atoms with E-state index in [1.807, 2.05) is 32.7 Å². The summed E-state index contributed by atoms with van der Waals surface area (Å²) in [5.74, 6) is 2.21. The van der Waals surface area contributed by atoms with Crippen LogP contribution in [0.1, 0.15) is 37.6 Å². The maximum absolute atomic E-state index is 12.9. The van der Waals surface area contributed by atoms with Crippen molar-refractivity contribution in [1.82, 2.24) is 10.2 Å². The van der Waals surface area contributed by atoms with Gasteiger partial charge < -0.3 is 24.4 Å². The van der Waals surface area contributed by atoms with Crippen molar-refractivity contribution < 1.29 is 19.0 Å². The van der Waals surface area contributed by atoms with Gasteiger partial charge in [0.05, 0.1) is 19.8 Å². The Balaban J connectivity index is 0.00000338. The molecule has 0 bridgehead atoms. The second kappa shape index (κ2) is 11.1. The van der Waals surface area contributed by atoms with Gasteiger partial charge in [-0.3, -0.25) is 4.79 Å². The molecule has 1 fully saturated rings. The zero-order valence-corrected chi connectivity index (χ0v) is 17.0. The molecule has 0 saturated carbocycles. The fourth-order valence-corrected chi connectivity index (χ4v) is 3.17. The van der Waals surface area contributed by atoms with Crippen molar-refractivity contribution in [3.8, 4) is 17.2 Å². The molecule has 7 heteroatoms. The Morgan fingerprint density at radius 1 is 1.12 bits per heavy atom. The molecular formula is C19H31ClN2O4. The smallest absolute Gasteiger partial charge is 0.254 e. The Kier molecular flexibility index (Phi) is 9.59. The van der Waals surface area contributed by atoms with E-state index >= 15 is 0 Å². The summed E-state index contributed by atoms with van der Waals surface area (Å²) in [5.41, 5.74) is 0.584. The number of nitrogens with zero attached hydrogens (tertiary/aromatic N) is 1. The molecule has 1 N–H and O–H groups in total. The molecule has 26 heavy (non-hydrogen) atoms. The molecule has 0 aliphatic carbocycles. The highest BCUT2D eigenvalue weighted by Crippen LogP contribution is 2.39. The molecule has 1 aromatic rings. The molecule has 6 nitrogen and oxygen atoms in total. The molecule has 0 spiro atoms. The average molecular weight is 387 g/mol. The van der Waals surface area contributed by atoms with E-state index in [0.29, 0.717) is 48.6 Å². The third kappa shape index (κ3) is 5.42. The van der Waals surface area contributed by atoms with Crippen molar-refractivity contribution in [2.24, 2.45) is 5.92 Å². The van der Waals surface area contributed by atoms with E-state index in [0.717, 1.165) is 26.1 Å². The SMILES string of the molecule is CCOc1cc(C(=O)N2CCC(CNC)C2)cc(OCC)c1OCC.Cl. The largest absolute Gasteiger partial charge is 0.490 e. The van der Waals surface area contributed by atoms with E-state index in [1.165, 1.54) is 0 Å². The van der Waals surface area contributed by atoms with Crippen LogP contribution in [0.4, 0.5) is 0 Å². The highest BCUT2D eigenvalue weighted by molar-refractivity contribution is 5.95. The first-order valence-electron chi connectivity index (χ1n) is 9.14. The number of carbonyl (C=O) groups excluding carboxylic acids is 1. The number of amides is 1. The van der Waals surface area contributed by atoms with E-state index in [-0.39, 0.29) is 18.3 Å². The molecule has 1 saturated heterocycles. The molecule has 148 valence electrons. The van der Waals surface area contributed by atoms with Crippen LogP contribution >= 0.6 is 12.4 Å². The molecule has 1 atom stereocenters. The van der Waals surface area contributed by atoms with E-state index < -0.39 is 0 Å². The minimum atomic E-state index is 0.